The lowest BCUT2D eigenvalue weighted by Gasteiger charge is -2.25. The first-order valence-corrected chi connectivity index (χ1v) is 12.7. The zero-order valence-electron chi connectivity index (χ0n) is 22.1. The number of Topliss-reactive ketones (excluding diaryl/α,β-unsaturated/α-hetero) is 1. The van der Waals surface area contributed by atoms with E-state index in [2.05, 4.69) is 0 Å². The van der Waals surface area contributed by atoms with Gasteiger partial charge in [-0.1, -0.05) is 55.5 Å². The summed E-state index contributed by atoms with van der Waals surface area (Å²) < 4.78 is 17.4. The van der Waals surface area contributed by atoms with Crippen LogP contribution in [0.4, 0.5) is 0 Å². The number of likely N-dealkylation sites (tertiary alicyclic amines) is 1. The Balaban J connectivity index is 1.78. The summed E-state index contributed by atoms with van der Waals surface area (Å²) in [5, 5.41) is 11.4. The Morgan fingerprint density at radius 1 is 0.974 bits per heavy atom. The van der Waals surface area contributed by atoms with Gasteiger partial charge in [-0.2, -0.15) is 0 Å². The Bertz CT molecular complexity index is 1330. The van der Waals surface area contributed by atoms with Gasteiger partial charge in [-0.15, -0.1) is 0 Å². The highest BCUT2D eigenvalue weighted by Gasteiger charge is 2.46. The molecule has 1 fully saturated rings. The Labute approximate surface area is 223 Å². The quantitative estimate of drug-likeness (QED) is 0.206. The number of carbonyl (C=O) groups is 2. The Hall–Kier alpha value is -4.26. The lowest BCUT2D eigenvalue weighted by molar-refractivity contribution is -0.139. The van der Waals surface area contributed by atoms with E-state index in [0.717, 1.165) is 5.56 Å². The van der Waals surface area contributed by atoms with E-state index in [9.17, 15) is 14.7 Å². The van der Waals surface area contributed by atoms with Crippen LogP contribution >= 0.6 is 0 Å². The molecule has 1 amide bonds. The number of hydrogen-bond acceptors (Lipinski definition) is 6. The fourth-order valence-corrected chi connectivity index (χ4v) is 4.55. The molecular weight excluding hydrogens is 482 g/mol. The molecule has 4 rings (SSSR count). The van der Waals surface area contributed by atoms with E-state index in [1.54, 1.807) is 49.6 Å². The molecule has 1 aliphatic rings. The molecule has 198 valence electrons. The number of benzene rings is 3. The predicted molar refractivity (Wildman–Crippen MR) is 145 cm³/mol. The second kappa shape index (κ2) is 11.9. The molecule has 0 spiro atoms. The van der Waals surface area contributed by atoms with Gasteiger partial charge < -0.3 is 24.2 Å². The van der Waals surface area contributed by atoms with Gasteiger partial charge in [-0.3, -0.25) is 9.59 Å². The molecule has 1 aliphatic heterocycles. The largest absolute Gasteiger partial charge is 0.507 e. The zero-order valence-corrected chi connectivity index (χ0v) is 22.1. The first kappa shape index (κ1) is 26.8. The monoisotopic (exact) mass is 515 g/mol. The molecule has 1 heterocycles. The number of aliphatic hydroxyl groups excluding tert-OH is 1. The zero-order chi connectivity index (χ0) is 27.2. The van der Waals surface area contributed by atoms with Gasteiger partial charge >= 0.3 is 0 Å². The van der Waals surface area contributed by atoms with Crippen molar-refractivity contribution < 1.29 is 28.9 Å². The van der Waals surface area contributed by atoms with Crippen LogP contribution in [0.15, 0.2) is 78.4 Å². The van der Waals surface area contributed by atoms with Crippen molar-refractivity contribution in [3.05, 3.63) is 95.1 Å². The van der Waals surface area contributed by atoms with Crippen LogP contribution in [-0.4, -0.2) is 41.5 Å². The third kappa shape index (κ3) is 5.67. The van der Waals surface area contributed by atoms with Crippen LogP contribution in [0, 0.1) is 0 Å². The summed E-state index contributed by atoms with van der Waals surface area (Å²) in [7, 11) is 1.56. The molecule has 0 bridgehead atoms. The van der Waals surface area contributed by atoms with E-state index >= 15 is 0 Å². The van der Waals surface area contributed by atoms with Crippen molar-refractivity contribution >= 4 is 17.4 Å². The van der Waals surface area contributed by atoms with Crippen molar-refractivity contribution in [3.63, 3.8) is 0 Å². The SMILES string of the molecule is CCCN1C(=O)C(=O)/C(=C(\O)c2cccc(OC(C)C)c2)C1c1ccc(OC)c(OCc2ccccc2)c1. The number of ketones is 1. The fraction of sp³-hybridized carbons (Fsp3) is 0.290. The normalized spacial score (nSPS) is 16.7. The topological polar surface area (TPSA) is 85.3 Å². The van der Waals surface area contributed by atoms with E-state index in [-0.39, 0.29) is 17.4 Å². The van der Waals surface area contributed by atoms with Crippen LogP contribution in [0.2, 0.25) is 0 Å². The number of carbonyl (C=O) groups excluding carboxylic acids is 2. The molecule has 1 saturated heterocycles. The molecule has 3 aromatic carbocycles. The molecule has 0 radical (unpaired) electrons. The van der Waals surface area contributed by atoms with Crippen molar-refractivity contribution in [2.75, 3.05) is 13.7 Å². The van der Waals surface area contributed by atoms with Crippen LogP contribution in [-0.2, 0) is 16.2 Å². The Kier molecular flexibility index (Phi) is 8.36. The summed E-state index contributed by atoms with van der Waals surface area (Å²) in [5.41, 5.74) is 2.05. The molecule has 1 unspecified atom stereocenters. The van der Waals surface area contributed by atoms with Crippen molar-refractivity contribution in [2.45, 2.75) is 45.9 Å². The van der Waals surface area contributed by atoms with Crippen molar-refractivity contribution in [1.29, 1.82) is 0 Å². The lowest BCUT2D eigenvalue weighted by atomic mass is 9.95. The first-order chi connectivity index (χ1) is 18.3. The number of nitrogens with zero attached hydrogens (tertiary/aromatic N) is 1. The molecule has 0 aromatic heterocycles. The van der Waals surface area contributed by atoms with E-state index in [0.29, 0.717) is 47.9 Å². The molecule has 3 aromatic rings. The highest BCUT2D eigenvalue weighted by atomic mass is 16.5. The van der Waals surface area contributed by atoms with E-state index < -0.39 is 17.7 Å². The van der Waals surface area contributed by atoms with Crippen LogP contribution in [0.3, 0.4) is 0 Å². The Morgan fingerprint density at radius 3 is 2.42 bits per heavy atom. The van der Waals surface area contributed by atoms with Crippen LogP contribution < -0.4 is 14.2 Å². The number of rotatable bonds is 10. The maximum Gasteiger partial charge on any atom is 0.295 e. The predicted octanol–water partition coefficient (Wildman–Crippen LogP) is 5.89. The van der Waals surface area contributed by atoms with Gasteiger partial charge in [0.15, 0.2) is 11.5 Å². The van der Waals surface area contributed by atoms with Gasteiger partial charge in [0.05, 0.1) is 24.8 Å². The second-order valence-corrected chi connectivity index (χ2v) is 9.37. The standard InChI is InChI=1S/C31H33NO6/c1-5-16-32-28(22-14-15-25(36-4)26(18-22)37-19-21-10-7-6-8-11-21)27(30(34)31(32)35)29(33)23-12-9-13-24(17-23)38-20(2)3/h6-15,17-18,20,28,33H,5,16,19H2,1-4H3/b29-27-. The molecule has 1 atom stereocenters. The summed E-state index contributed by atoms with van der Waals surface area (Å²) in [5.74, 6) is -0.0543. The van der Waals surface area contributed by atoms with Crippen LogP contribution in [0.5, 0.6) is 17.2 Å². The summed E-state index contributed by atoms with van der Waals surface area (Å²) in [6.45, 7) is 6.42. The lowest BCUT2D eigenvalue weighted by Crippen LogP contribution is -2.30. The first-order valence-electron chi connectivity index (χ1n) is 12.7. The fourth-order valence-electron chi connectivity index (χ4n) is 4.55. The second-order valence-electron chi connectivity index (χ2n) is 9.37. The van der Waals surface area contributed by atoms with Gasteiger partial charge in [0.1, 0.15) is 18.1 Å². The minimum Gasteiger partial charge on any atom is -0.507 e. The van der Waals surface area contributed by atoms with Gasteiger partial charge in [0.25, 0.3) is 11.7 Å². The smallest absolute Gasteiger partial charge is 0.295 e. The molecule has 38 heavy (non-hydrogen) atoms. The summed E-state index contributed by atoms with van der Waals surface area (Å²) in [6.07, 6.45) is 0.588. The summed E-state index contributed by atoms with van der Waals surface area (Å²) in [6, 6.07) is 21.1. The molecule has 7 nitrogen and oxygen atoms in total. The molecule has 0 aliphatic carbocycles. The van der Waals surface area contributed by atoms with E-state index in [1.165, 1.54) is 4.90 Å². The van der Waals surface area contributed by atoms with E-state index in [4.69, 9.17) is 14.2 Å². The number of ether oxygens (including phenoxy) is 3. The molecule has 1 N–H and O–H groups in total. The maximum absolute atomic E-state index is 13.3. The number of aliphatic hydroxyl groups is 1. The highest BCUT2D eigenvalue weighted by Crippen LogP contribution is 2.42. The summed E-state index contributed by atoms with van der Waals surface area (Å²) >= 11 is 0. The minimum atomic E-state index is -0.783. The number of amides is 1. The average molecular weight is 516 g/mol. The number of hydrogen-bond donors (Lipinski definition) is 1. The highest BCUT2D eigenvalue weighted by molar-refractivity contribution is 6.46. The molecular formula is C31H33NO6. The third-order valence-electron chi connectivity index (χ3n) is 6.22. The molecule has 0 saturated carbocycles. The van der Waals surface area contributed by atoms with Crippen molar-refractivity contribution in [1.82, 2.24) is 4.90 Å². The third-order valence-corrected chi connectivity index (χ3v) is 6.22. The van der Waals surface area contributed by atoms with Crippen LogP contribution in [0.1, 0.15) is 49.9 Å². The minimum absolute atomic E-state index is 0.0318. The van der Waals surface area contributed by atoms with Gasteiger partial charge in [0.2, 0.25) is 0 Å². The average Bonchev–Trinajstić information content (AvgIpc) is 3.17. The Morgan fingerprint density at radius 2 is 1.74 bits per heavy atom. The van der Waals surface area contributed by atoms with Gasteiger partial charge in [-0.25, -0.2) is 0 Å². The van der Waals surface area contributed by atoms with Crippen molar-refractivity contribution in [2.24, 2.45) is 0 Å². The summed E-state index contributed by atoms with van der Waals surface area (Å²) in [4.78, 5) is 27.9. The molecule has 7 heteroatoms. The van der Waals surface area contributed by atoms with Crippen molar-refractivity contribution in [3.8, 4) is 17.2 Å². The maximum atomic E-state index is 13.3. The van der Waals surface area contributed by atoms with Gasteiger partial charge in [0, 0.05) is 12.1 Å². The van der Waals surface area contributed by atoms with Gasteiger partial charge in [-0.05, 0) is 55.7 Å². The van der Waals surface area contributed by atoms with Crippen LogP contribution in [0.25, 0.3) is 5.76 Å². The van der Waals surface area contributed by atoms with E-state index in [1.807, 2.05) is 51.1 Å². The number of methoxy groups -OCH3 is 1.